The smallest absolute Gasteiger partial charge is 0.323 e. The van der Waals surface area contributed by atoms with Crippen LogP contribution in [0.4, 0.5) is 0 Å². The van der Waals surface area contributed by atoms with Gasteiger partial charge in [-0.25, -0.2) is 0 Å². The molecule has 140 valence electrons. The van der Waals surface area contributed by atoms with E-state index in [1.165, 1.54) is 0 Å². The zero-order valence-corrected chi connectivity index (χ0v) is 16.0. The van der Waals surface area contributed by atoms with Gasteiger partial charge in [-0.2, -0.15) is 0 Å². The van der Waals surface area contributed by atoms with E-state index in [-0.39, 0.29) is 6.61 Å². The van der Waals surface area contributed by atoms with E-state index in [1.54, 1.807) is 37.3 Å². The summed E-state index contributed by atoms with van der Waals surface area (Å²) in [7, 11) is 0. The fourth-order valence-electron chi connectivity index (χ4n) is 3.52. The van der Waals surface area contributed by atoms with Crippen LogP contribution in [0.5, 0.6) is 0 Å². The van der Waals surface area contributed by atoms with Crippen LogP contribution in [0.15, 0.2) is 60.7 Å². The Bertz CT molecular complexity index is 858. The van der Waals surface area contributed by atoms with E-state index < -0.39 is 23.3 Å². The molecular weight excluding hydrogens is 364 g/mol. The van der Waals surface area contributed by atoms with E-state index >= 15 is 0 Å². The third-order valence-corrected chi connectivity index (χ3v) is 5.18. The van der Waals surface area contributed by atoms with E-state index in [0.717, 1.165) is 5.56 Å². The maximum absolute atomic E-state index is 13.2. The molecule has 0 aromatic heterocycles. The summed E-state index contributed by atoms with van der Waals surface area (Å²) in [5.41, 5.74) is 0.261. The number of carbonyl (C=O) groups excluding carboxylic acids is 2. The van der Waals surface area contributed by atoms with E-state index in [2.05, 4.69) is 0 Å². The highest BCUT2D eigenvalue weighted by Gasteiger charge is 2.53. The van der Waals surface area contributed by atoms with Gasteiger partial charge in [0.2, 0.25) is 0 Å². The molecule has 2 aromatic carbocycles. The highest BCUT2D eigenvalue weighted by Crippen LogP contribution is 2.44. The average Bonchev–Trinajstić information content (AvgIpc) is 2.69. The molecule has 4 nitrogen and oxygen atoms in total. The molecule has 1 aliphatic rings. The Labute approximate surface area is 163 Å². The Morgan fingerprint density at radius 3 is 2.37 bits per heavy atom. The number of benzene rings is 2. The summed E-state index contributed by atoms with van der Waals surface area (Å²) in [5, 5.41) is 0.558. The van der Waals surface area contributed by atoms with Crippen LogP contribution in [-0.2, 0) is 24.5 Å². The zero-order chi connectivity index (χ0) is 19.4. The molecule has 0 saturated heterocycles. The maximum Gasteiger partial charge on any atom is 0.323 e. The van der Waals surface area contributed by atoms with Gasteiger partial charge < -0.3 is 9.47 Å². The maximum atomic E-state index is 13.2. The molecule has 0 bridgehead atoms. The van der Waals surface area contributed by atoms with Crippen LogP contribution in [0, 0.1) is 5.92 Å². The lowest BCUT2D eigenvalue weighted by atomic mass is 9.67. The fraction of sp³-hybridized carbons (Fsp3) is 0.273. The number of esters is 2. The van der Waals surface area contributed by atoms with Crippen LogP contribution < -0.4 is 0 Å². The molecule has 0 spiro atoms. The number of ether oxygens (including phenoxy) is 2. The summed E-state index contributed by atoms with van der Waals surface area (Å²) in [5.74, 6) is -1.33. The topological polar surface area (TPSA) is 52.6 Å². The van der Waals surface area contributed by atoms with Crippen LogP contribution in [0.25, 0.3) is 5.76 Å². The monoisotopic (exact) mass is 384 g/mol. The van der Waals surface area contributed by atoms with Crippen molar-refractivity contribution in [1.82, 2.24) is 0 Å². The van der Waals surface area contributed by atoms with Gasteiger partial charge in [0.1, 0.15) is 11.2 Å². The molecule has 0 fully saturated rings. The van der Waals surface area contributed by atoms with Crippen molar-refractivity contribution in [3.63, 3.8) is 0 Å². The van der Waals surface area contributed by atoms with Gasteiger partial charge in [-0.15, -0.1) is 0 Å². The standard InChI is InChI=1S/C22H21ClO4/c1-3-22(16-10-12-17(23)13-11-16)18(20(24)26-4-2)14-19(27-21(22)25)15-8-6-5-7-9-15/h5-14,18H,3-4H2,1-2H3/t18-,22-/m0/s1. The first-order chi connectivity index (χ1) is 13.0. The van der Waals surface area contributed by atoms with Crippen LogP contribution in [0.1, 0.15) is 31.4 Å². The highest BCUT2D eigenvalue weighted by atomic mass is 35.5. The Kier molecular flexibility index (Phi) is 5.66. The highest BCUT2D eigenvalue weighted by molar-refractivity contribution is 6.30. The average molecular weight is 385 g/mol. The molecule has 0 unspecified atom stereocenters. The second kappa shape index (κ2) is 7.97. The molecule has 3 rings (SSSR count). The molecule has 5 heteroatoms. The first-order valence-electron chi connectivity index (χ1n) is 8.95. The normalized spacial score (nSPS) is 22.0. The van der Waals surface area contributed by atoms with Crippen molar-refractivity contribution >= 4 is 29.3 Å². The van der Waals surface area contributed by atoms with Gasteiger partial charge >= 0.3 is 11.9 Å². The van der Waals surface area contributed by atoms with E-state index in [0.29, 0.717) is 22.8 Å². The molecule has 1 aliphatic heterocycles. The number of cyclic esters (lactones) is 1. The molecule has 0 radical (unpaired) electrons. The van der Waals surface area contributed by atoms with Gasteiger partial charge in [-0.3, -0.25) is 9.59 Å². The minimum atomic E-state index is -1.16. The molecule has 0 saturated carbocycles. The lowest BCUT2D eigenvalue weighted by Crippen LogP contribution is -2.49. The van der Waals surface area contributed by atoms with Gasteiger partial charge in [0, 0.05) is 10.6 Å². The molecule has 2 aromatic rings. The minimum absolute atomic E-state index is 0.235. The second-order valence-corrected chi connectivity index (χ2v) is 6.78. The molecule has 1 heterocycles. The van der Waals surface area contributed by atoms with Crippen molar-refractivity contribution in [2.45, 2.75) is 25.7 Å². The molecular formula is C22H21ClO4. The SMILES string of the molecule is CCOC(=O)[C@@H]1C=C(c2ccccc2)OC(=O)[C@@]1(CC)c1ccc(Cl)cc1. The van der Waals surface area contributed by atoms with E-state index in [9.17, 15) is 9.59 Å². The predicted octanol–water partition coefficient (Wildman–Crippen LogP) is 4.77. The van der Waals surface area contributed by atoms with Crippen LogP contribution >= 0.6 is 11.6 Å². The van der Waals surface area contributed by atoms with Crippen molar-refractivity contribution in [3.05, 3.63) is 76.8 Å². The summed E-state index contributed by atoms with van der Waals surface area (Å²) >= 11 is 6.01. The largest absolute Gasteiger partial charge is 0.465 e. The van der Waals surface area contributed by atoms with Gasteiger partial charge in [0.25, 0.3) is 0 Å². The second-order valence-electron chi connectivity index (χ2n) is 6.35. The number of hydrogen-bond donors (Lipinski definition) is 0. The first-order valence-corrected chi connectivity index (χ1v) is 9.33. The number of carbonyl (C=O) groups is 2. The minimum Gasteiger partial charge on any atom is -0.465 e. The summed E-state index contributed by atoms with van der Waals surface area (Å²) in [4.78, 5) is 26.1. The Morgan fingerprint density at radius 1 is 1.11 bits per heavy atom. The van der Waals surface area contributed by atoms with Crippen LogP contribution in [0.2, 0.25) is 5.02 Å². The number of hydrogen-bond acceptors (Lipinski definition) is 4. The zero-order valence-electron chi connectivity index (χ0n) is 15.3. The molecule has 0 N–H and O–H groups in total. The van der Waals surface area contributed by atoms with E-state index in [1.807, 2.05) is 37.3 Å². The Balaban J connectivity index is 2.16. The Hall–Kier alpha value is -2.59. The lowest BCUT2D eigenvalue weighted by molar-refractivity contribution is -0.159. The van der Waals surface area contributed by atoms with Gasteiger partial charge in [0.05, 0.1) is 12.5 Å². The van der Waals surface area contributed by atoms with Gasteiger partial charge in [-0.05, 0) is 37.1 Å². The summed E-state index contributed by atoms with van der Waals surface area (Å²) in [6.07, 6.45) is 2.09. The van der Waals surface area contributed by atoms with Crippen molar-refractivity contribution in [1.29, 1.82) is 0 Å². The van der Waals surface area contributed by atoms with Crippen LogP contribution in [-0.4, -0.2) is 18.5 Å². The third kappa shape index (κ3) is 3.50. The fourth-order valence-corrected chi connectivity index (χ4v) is 3.64. The van der Waals surface area contributed by atoms with Gasteiger partial charge in [-0.1, -0.05) is 61.0 Å². The Morgan fingerprint density at radius 2 is 1.78 bits per heavy atom. The van der Waals surface area contributed by atoms with Gasteiger partial charge in [0.15, 0.2) is 0 Å². The first kappa shape index (κ1) is 19.2. The van der Waals surface area contributed by atoms with Crippen molar-refractivity contribution < 1.29 is 19.1 Å². The molecule has 0 aliphatic carbocycles. The molecule has 27 heavy (non-hydrogen) atoms. The van der Waals surface area contributed by atoms with Crippen LogP contribution in [0.3, 0.4) is 0 Å². The summed E-state index contributed by atoms with van der Waals surface area (Å²) in [6, 6.07) is 16.2. The van der Waals surface area contributed by atoms with Crippen molar-refractivity contribution in [2.75, 3.05) is 6.61 Å². The molecule has 2 atom stereocenters. The summed E-state index contributed by atoms with van der Waals surface area (Å²) in [6.45, 7) is 3.85. The third-order valence-electron chi connectivity index (χ3n) is 4.93. The number of rotatable bonds is 5. The number of halogens is 1. The quantitative estimate of drug-likeness (QED) is 0.697. The lowest BCUT2D eigenvalue weighted by Gasteiger charge is -2.39. The van der Waals surface area contributed by atoms with Crippen molar-refractivity contribution in [3.8, 4) is 0 Å². The van der Waals surface area contributed by atoms with Crippen molar-refractivity contribution in [2.24, 2.45) is 5.92 Å². The van der Waals surface area contributed by atoms with E-state index in [4.69, 9.17) is 21.1 Å². The molecule has 0 amide bonds. The predicted molar refractivity (Wildman–Crippen MR) is 104 cm³/mol. The summed E-state index contributed by atoms with van der Waals surface area (Å²) < 4.78 is 11.0.